The summed E-state index contributed by atoms with van der Waals surface area (Å²) in [5, 5.41) is 10.4. The topological polar surface area (TPSA) is 34.0 Å². The molecule has 0 aliphatic carbocycles. The minimum Gasteiger partial charge on any atom is -0.344 e. The second-order valence-electron chi connectivity index (χ2n) is 5.53. The predicted octanol–water partition coefficient (Wildman–Crippen LogP) is 4.43. The summed E-state index contributed by atoms with van der Waals surface area (Å²) in [6, 6.07) is 16.3. The van der Waals surface area contributed by atoms with E-state index in [9.17, 15) is 0 Å². The Bertz CT molecular complexity index is 844. The fourth-order valence-corrected chi connectivity index (χ4v) is 3.70. The molecular weight excluding hydrogens is 328 g/mol. The van der Waals surface area contributed by atoms with Gasteiger partial charge in [0, 0.05) is 16.3 Å². The molecule has 2 heterocycles. The standard InChI is InChI=1S/C17H15ClN4S/c1-12-3-2-4-13(9-12)16-19-20-17-22(16)10-21(11-23-17)15-7-5-14(18)6-8-15/h2-9H,10-11H2,1H3. The Morgan fingerprint density at radius 2 is 1.91 bits per heavy atom. The number of halogens is 1. The summed E-state index contributed by atoms with van der Waals surface area (Å²) >= 11 is 7.68. The molecule has 4 rings (SSSR count). The summed E-state index contributed by atoms with van der Waals surface area (Å²) in [6.45, 7) is 2.83. The molecular formula is C17H15ClN4S. The van der Waals surface area contributed by atoms with Gasteiger partial charge in [-0.2, -0.15) is 0 Å². The lowest BCUT2D eigenvalue weighted by Crippen LogP contribution is -2.30. The Morgan fingerprint density at radius 1 is 1.09 bits per heavy atom. The van der Waals surface area contributed by atoms with Crippen molar-refractivity contribution < 1.29 is 0 Å². The van der Waals surface area contributed by atoms with Crippen molar-refractivity contribution in [3.63, 3.8) is 0 Å². The monoisotopic (exact) mass is 342 g/mol. The van der Waals surface area contributed by atoms with Gasteiger partial charge in [-0.05, 0) is 37.3 Å². The van der Waals surface area contributed by atoms with Crippen LogP contribution < -0.4 is 4.90 Å². The summed E-state index contributed by atoms with van der Waals surface area (Å²) in [5.41, 5.74) is 3.47. The van der Waals surface area contributed by atoms with Gasteiger partial charge in [0.2, 0.25) is 0 Å². The van der Waals surface area contributed by atoms with Crippen molar-refractivity contribution in [2.24, 2.45) is 0 Å². The first-order chi connectivity index (χ1) is 11.2. The number of anilines is 1. The Morgan fingerprint density at radius 3 is 2.70 bits per heavy atom. The fraction of sp³-hybridized carbons (Fsp3) is 0.176. The summed E-state index contributed by atoms with van der Waals surface area (Å²) in [7, 11) is 0. The number of hydrogen-bond donors (Lipinski definition) is 0. The first-order valence-electron chi connectivity index (χ1n) is 7.34. The molecule has 116 valence electrons. The highest BCUT2D eigenvalue weighted by molar-refractivity contribution is 7.99. The average molecular weight is 343 g/mol. The van der Waals surface area contributed by atoms with Gasteiger partial charge in [-0.3, -0.25) is 4.57 Å². The van der Waals surface area contributed by atoms with E-state index < -0.39 is 0 Å². The van der Waals surface area contributed by atoms with Crippen LogP contribution in [-0.4, -0.2) is 20.6 Å². The van der Waals surface area contributed by atoms with Crippen LogP contribution >= 0.6 is 23.4 Å². The number of benzene rings is 2. The lowest BCUT2D eigenvalue weighted by Gasteiger charge is -2.29. The van der Waals surface area contributed by atoms with Crippen molar-refractivity contribution in [3.8, 4) is 11.4 Å². The normalized spacial score (nSPS) is 13.9. The molecule has 23 heavy (non-hydrogen) atoms. The molecule has 0 saturated carbocycles. The summed E-state index contributed by atoms with van der Waals surface area (Å²) in [5.74, 6) is 1.77. The van der Waals surface area contributed by atoms with Crippen LogP contribution in [-0.2, 0) is 6.67 Å². The lowest BCUT2D eigenvalue weighted by molar-refractivity contribution is 0.608. The molecule has 2 aromatic carbocycles. The fourth-order valence-electron chi connectivity index (χ4n) is 2.68. The first kappa shape index (κ1) is 14.6. The number of rotatable bonds is 2. The van der Waals surface area contributed by atoms with Crippen LogP contribution in [0.25, 0.3) is 11.4 Å². The number of hydrogen-bond acceptors (Lipinski definition) is 4. The zero-order valence-corrected chi connectivity index (χ0v) is 14.2. The van der Waals surface area contributed by atoms with Gasteiger partial charge in [-0.25, -0.2) is 0 Å². The van der Waals surface area contributed by atoms with E-state index in [1.165, 1.54) is 5.56 Å². The second kappa shape index (κ2) is 5.91. The molecule has 1 aliphatic rings. The smallest absolute Gasteiger partial charge is 0.194 e. The van der Waals surface area contributed by atoms with Crippen LogP contribution in [0.15, 0.2) is 53.7 Å². The number of thioether (sulfide) groups is 1. The number of aromatic nitrogens is 3. The molecule has 1 aliphatic heterocycles. The molecule has 0 saturated heterocycles. The van der Waals surface area contributed by atoms with Crippen molar-refractivity contribution >= 4 is 29.1 Å². The van der Waals surface area contributed by atoms with Gasteiger partial charge in [0.1, 0.15) is 0 Å². The maximum atomic E-state index is 5.99. The highest BCUT2D eigenvalue weighted by atomic mass is 35.5. The highest BCUT2D eigenvalue weighted by Gasteiger charge is 2.22. The molecule has 0 spiro atoms. The van der Waals surface area contributed by atoms with Crippen molar-refractivity contribution in [3.05, 3.63) is 59.1 Å². The molecule has 4 nitrogen and oxygen atoms in total. The Hall–Kier alpha value is -1.98. The molecule has 3 aromatic rings. The van der Waals surface area contributed by atoms with E-state index in [2.05, 4.69) is 50.9 Å². The van der Waals surface area contributed by atoms with Crippen LogP contribution in [0.5, 0.6) is 0 Å². The third kappa shape index (κ3) is 2.82. The molecule has 1 aromatic heterocycles. The summed E-state index contributed by atoms with van der Waals surface area (Å²) in [6.07, 6.45) is 0. The highest BCUT2D eigenvalue weighted by Crippen LogP contribution is 2.32. The molecule has 0 radical (unpaired) electrons. The zero-order chi connectivity index (χ0) is 15.8. The van der Waals surface area contributed by atoms with Crippen LogP contribution in [0.3, 0.4) is 0 Å². The van der Waals surface area contributed by atoms with Crippen LogP contribution in [0.1, 0.15) is 5.56 Å². The predicted molar refractivity (Wildman–Crippen MR) is 94.9 cm³/mol. The molecule has 0 atom stereocenters. The third-order valence-corrected chi connectivity index (χ3v) is 5.10. The third-order valence-electron chi connectivity index (χ3n) is 3.85. The second-order valence-corrected chi connectivity index (χ2v) is 6.88. The van der Waals surface area contributed by atoms with E-state index in [1.807, 2.05) is 24.3 Å². The van der Waals surface area contributed by atoms with E-state index >= 15 is 0 Å². The van der Waals surface area contributed by atoms with Crippen LogP contribution in [0, 0.1) is 6.92 Å². The minimum atomic E-state index is 0.736. The Labute approximate surface area is 144 Å². The molecule has 6 heteroatoms. The van der Waals surface area contributed by atoms with Gasteiger partial charge in [-0.1, -0.05) is 47.1 Å². The zero-order valence-electron chi connectivity index (χ0n) is 12.6. The van der Waals surface area contributed by atoms with Gasteiger partial charge in [-0.15, -0.1) is 10.2 Å². The first-order valence-corrected chi connectivity index (χ1v) is 8.70. The van der Waals surface area contributed by atoms with E-state index in [-0.39, 0.29) is 0 Å². The van der Waals surface area contributed by atoms with Gasteiger partial charge in [0.05, 0.1) is 12.5 Å². The van der Waals surface area contributed by atoms with Crippen LogP contribution in [0.2, 0.25) is 5.02 Å². The summed E-state index contributed by atoms with van der Waals surface area (Å²) in [4.78, 5) is 2.29. The largest absolute Gasteiger partial charge is 0.344 e. The van der Waals surface area contributed by atoms with Crippen molar-refractivity contribution in [2.75, 3.05) is 10.8 Å². The SMILES string of the molecule is Cc1cccc(-c2nnc3n2CN(c2ccc(Cl)cc2)CS3)c1. The van der Waals surface area contributed by atoms with E-state index in [0.29, 0.717) is 0 Å². The van der Waals surface area contributed by atoms with E-state index in [0.717, 1.165) is 39.8 Å². The summed E-state index contributed by atoms with van der Waals surface area (Å²) < 4.78 is 2.16. The lowest BCUT2D eigenvalue weighted by atomic mass is 10.1. The Balaban J connectivity index is 1.69. The average Bonchev–Trinajstić information content (AvgIpc) is 2.98. The van der Waals surface area contributed by atoms with Crippen molar-refractivity contribution in [1.29, 1.82) is 0 Å². The van der Waals surface area contributed by atoms with Gasteiger partial charge < -0.3 is 4.90 Å². The molecule has 0 N–H and O–H groups in total. The van der Waals surface area contributed by atoms with Gasteiger partial charge >= 0.3 is 0 Å². The van der Waals surface area contributed by atoms with Crippen molar-refractivity contribution in [1.82, 2.24) is 14.8 Å². The Kier molecular flexibility index (Phi) is 3.75. The van der Waals surface area contributed by atoms with E-state index in [4.69, 9.17) is 11.6 Å². The molecule has 0 bridgehead atoms. The number of fused-ring (bicyclic) bond motifs is 1. The molecule has 0 unspecified atom stereocenters. The van der Waals surface area contributed by atoms with Crippen LogP contribution in [0.4, 0.5) is 5.69 Å². The maximum Gasteiger partial charge on any atom is 0.194 e. The maximum absolute atomic E-state index is 5.99. The van der Waals surface area contributed by atoms with E-state index in [1.54, 1.807) is 11.8 Å². The van der Waals surface area contributed by atoms with Gasteiger partial charge in [0.25, 0.3) is 0 Å². The number of nitrogens with zero attached hydrogens (tertiary/aromatic N) is 4. The molecule has 0 amide bonds. The molecule has 0 fully saturated rings. The van der Waals surface area contributed by atoms with Crippen molar-refractivity contribution in [2.45, 2.75) is 18.7 Å². The van der Waals surface area contributed by atoms with Gasteiger partial charge in [0.15, 0.2) is 11.0 Å². The minimum absolute atomic E-state index is 0.736. The number of aryl methyl sites for hydroxylation is 1. The quantitative estimate of drug-likeness (QED) is 0.689.